The van der Waals surface area contributed by atoms with Crippen molar-refractivity contribution in [2.45, 2.75) is 19.9 Å². The van der Waals surface area contributed by atoms with Gasteiger partial charge in [-0.15, -0.1) is 0 Å². The Labute approximate surface area is 193 Å². The maximum Gasteiger partial charge on any atom is 0.295 e. The number of carbonyl (C=O) groups excluding carboxylic acids is 2. The Morgan fingerprint density at radius 2 is 1.58 bits per heavy atom. The van der Waals surface area contributed by atoms with Gasteiger partial charge in [0, 0.05) is 12.6 Å². The van der Waals surface area contributed by atoms with Crippen LogP contribution in [0.5, 0.6) is 23.0 Å². The van der Waals surface area contributed by atoms with Crippen LogP contribution in [0, 0.1) is 5.92 Å². The van der Waals surface area contributed by atoms with Crippen LogP contribution in [0.25, 0.3) is 5.76 Å². The molecule has 1 atom stereocenters. The molecule has 0 spiro atoms. The van der Waals surface area contributed by atoms with E-state index in [0.29, 0.717) is 46.6 Å². The van der Waals surface area contributed by atoms with Gasteiger partial charge in [-0.05, 0) is 47.9 Å². The first kappa shape index (κ1) is 24.0. The third-order valence-electron chi connectivity index (χ3n) is 5.39. The Bertz CT molecular complexity index is 1050. The lowest BCUT2D eigenvalue weighted by atomic mass is 9.95. The molecule has 1 heterocycles. The zero-order valence-electron chi connectivity index (χ0n) is 19.7. The van der Waals surface area contributed by atoms with E-state index in [-0.39, 0.29) is 11.3 Å². The number of aliphatic hydroxyl groups excluding tert-OH is 1. The lowest BCUT2D eigenvalue weighted by molar-refractivity contribution is -0.139. The molecule has 1 N–H and O–H groups in total. The standard InChI is InChI=1S/C25H29NO7/c1-14(2)13-33-17-9-7-15(8-10-17)22(27)20-21(26(3)25(29)23(20)28)16-11-18(30-4)24(32-6)19(12-16)31-5/h7-12,14,21,27H,13H2,1-6H3/t21-/m1/s1. The monoisotopic (exact) mass is 455 g/mol. The number of Topliss-reactive ketones (excluding diaryl/α,β-unsaturated/α-hetero) is 1. The minimum absolute atomic E-state index is 0.0207. The smallest absolute Gasteiger partial charge is 0.295 e. The molecule has 3 rings (SSSR count). The fraction of sp³-hybridized carbons (Fsp3) is 0.360. The Morgan fingerprint density at radius 3 is 2.06 bits per heavy atom. The molecule has 8 nitrogen and oxygen atoms in total. The van der Waals surface area contributed by atoms with Crippen molar-refractivity contribution in [3.05, 3.63) is 53.1 Å². The van der Waals surface area contributed by atoms with Gasteiger partial charge in [0.1, 0.15) is 11.5 Å². The largest absolute Gasteiger partial charge is 0.507 e. The van der Waals surface area contributed by atoms with Crippen LogP contribution in [0.4, 0.5) is 0 Å². The van der Waals surface area contributed by atoms with Gasteiger partial charge in [0.15, 0.2) is 11.5 Å². The number of aliphatic hydroxyl groups is 1. The van der Waals surface area contributed by atoms with Gasteiger partial charge in [-0.2, -0.15) is 0 Å². The van der Waals surface area contributed by atoms with Crippen LogP contribution >= 0.6 is 0 Å². The van der Waals surface area contributed by atoms with E-state index in [2.05, 4.69) is 0 Å². The highest BCUT2D eigenvalue weighted by molar-refractivity contribution is 6.46. The number of ether oxygens (including phenoxy) is 4. The minimum atomic E-state index is -0.837. The second-order valence-electron chi connectivity index (χ2n) is 8.10. The van der Waals surface area contributed by atoms with Crippen LogP contribution in [-0.2, 0) is 9.59 Å². The lowest BCUT2D eigenvalue weighted by Crippen LogP contribution is -2.25. The molecule has 0 bridgehead atoms. The first-order valence-corrected chi connectivity index (χ1v) is 10.5. The molecule has 2 aromatic rings. The summed E-state index contributed by atoms with van der Waals surface area (Å²) in [5.74, 6) is 0.395. The number of amides is 1. The molecule has 1 saturated heterocycles. The number of hydrogen-bond donors (Lipinski definition) is 1. The zero-order chi connectivity index (χ0) is 24.3. The first-order valence-electron chi connectivity index (χ1n) is 10.5. The fourth-order valence-electron chi connectivity index (χ4n) is 3.72. The van der Waals surface area contributed by atoms with Crippen LogP contribution in [0.1, 0.15) is 31.0 Å². The van der Waals surface area contributed by atoms with Crippen molar-refractivity contribution >= 4 is 17.4 Å². The molecule has 1 aliphatic rings. The summed E-state index contributed by atoms with van der Waals surface area (Å²) in [5, 5.41) is 11.1. The van der Waals surface area contributed by atoms with E-state index in [0.717, 1.165) is 0 Å². The molecule has 1 fully saturated rings. The summed E-state index contributed by atoms with van der Waals surface area (Å²) >= 11 is 0. The number of rotatable bonds is 8. The van der Waals surface area contributed by atoms with Crippen LogP contribution < -0.4 is 18.9 Å². The number of nitrogens with zero attached hydrogens (tertiary/aromatic N) is 1. The van der Waals surface area contributed by atoms with Gasteiger partial charge in [0.2, 0.25) is 5.75 Å². The molecule has 33 heavy (non-hydrogen) atoms. The summed E-state index contributed by atoms with van der Waals surface area (Å²) in [4.78, 5) is 26.8. The average molecular weight is 456 g/mol. The highest BCUT2D eigenvalue weighted by Crippen LogP contribution is 2.45. The normalized spacial score (nSPS) is 17.4. The number of methoxy groups -OCH3 is 3. The van der Waals surface area contributed by atoms with Gasteiger partial charge in [-0.3, -0.25) is 9.59 Å². The summed E-state index contributed by atoms with van der Waals surface area (Å²) in [6, 6.07) is 9.22. The van der Waals surface area contributed by atoms with E-state index < -0.39 is 17.7 Å². The number of carbonyl (C=O) groups is 2. The maximum absolute atomic E-state index is 12.9. The summed E-state index contributed by atoms with van der Waals surface area (Å²) in [7, 11) is 5.96. The predicted molar refractivity (Wildman–Crippen MR) is 123 cm³/mol. The van der Waals surface area contributed by atoms with Crippen molar-refractivity contribution in [2.75, 3.05) is 35.0 Å². The molecule has 0 unspecified atom stereocenters. The SMILES string of the molecule is COc1cc([C@@H]2C(=C(O)c3ccc(OCC(C)C)cc3)C(=O)C(=O)N2C)cc(OC)c1OC. The molecular formula is C25H29NO7. The third kappa shape index (κ3) is 4.60. The van der Waals surface area contributed by atoms with E-state index in [1.54, 1.807) is 36.4 Å². The number of hydrogen-bond acceptors (Lipinski definition) is 7. The first-order chi connectivity index (χ1) is 15.7. The minimum Gasteiger partial charge on any atom is -0.507 e. The van der Waals surface area contributed by atoms with Crippen molar-refractivity contribution in [3.63, 3.8) is 0 Å². The topological polar surface area (TPSA) is 94.5 Å². The number of likely N-dealkylation sites (N-methyl/N-ethyl adjacent to an activating group) is 1. The Balaban J connectivity index is 2.09. The Kier molecular flexibility index (Phi) is 7.16. The van der Waals surface area contributed by atoms with Crippen molar-refractivity contribution in [2.24, 2.45) is 5.92 Å². The predicted octanol–water partition coefficient (Wildman–Crippen LogP) is 3.80. The van der Waals surface area contributed by atoms with E-state index in [1.165, 1.54) is 33.3 Å². The maximum atomic E-state index is 12.9. The second-order valence-corrected chi connectivity index (χ2v) is 8.10. The summed E-state index contributed by atoms with van der Waals surface area (Å²) < 4.78 is 21.9. The summed E-state index contributed by atoms with van der Waals surface area (Å²) in [6.07, 6.45) is 0. The van der Waals surface area contributed by atoms with Gasteiger partial charge in [-0.1, -0.05) is 13.8 Å². The van der Waals surface area contributed by atoms with E-state index in [4.69, 9.17) is 18.9 Å². The van der Waals surface area contributed by atoms with Gasteiger partial charge in [0.25, 0.3) is 11.7 Å². The van der Waals surface area contributed by atoms with Gasteiger partial charge >= 0.3 is 0 Å². The van der Waals surface area contributed by atoms with Crippen molar-refractivity contribution in [3.8, 4) is 23.0 Å². The Morgan fingerprint density at radius 1 is 1.00 bits per heavy atom. The fourth-order valence-corrected chi connectivity index (χ4v) is 3.72. The molecule has 2 aromatic carbocycles. The second kappa shape index (κ2) is 9.85. The van der Waals surface area contributed by atoms with Gasteiger partial charge in [-0.25, -0.2) is 0 Å². The van der Waals surface area contributed by atoms with E-state index in [1.807, 2.05) is 13.8 Å². The van der Waals surface area contributed by atoms with Gasteiger partial charge < -0.3 is 29.0 Å². The van der Waals surface area contributed by atoms with Gasteiger partial charge in [0.05, 0.1) is 39.6 Å². The van der Waals surface area contributed by atoms with Crippen LogP contribution in [0.15, 0.2) is 42.0 Å². The number of likely N-dealkylation sites (tertiary alicyclic amines) is 1. The number of benzene rings is 2. The summed E-state index contributed by atoms with van der Waals surface area (Å²) in [5.41, 5.74) is 0.910. The quantitative estimate of drug-likeness (QED) is 0.368. The van der Waals surface area contributed by atoms with E-state index in [9.17, 15) is 14.7 Å². The molecule has 8 heteroatoms. The lowest BCUT2D eigenvalue weighted by Gasteiger charge is -2.23. The van der Waals surface area contributed by atoms with Crippen LogP contribution in [0.2, 0.25) is 0 Å². The van der Waals surface area contributed by atoms with Crippen molar-refractivity contribution in [1.29, 1.82) is 0 Å². The van der Waals surface area contributed by atoms with E-state index >= 15 is 0 Å². The molecule has 1 aliphatic heterocycles. The highest BCUT2D eigenvalue weighted by atomic mass is 16.5. The summed E-state index contributed by atoms with van der Waals surface area (Å²) in [6.45, 7) is 4.66. The molecule has 0 radical (unpaired) electrons. The molecule has 176 valence electrons. The van der Waals surface area contributed by atoms with Crippen molar-refractivity contribution < 1.29 is 33.6 Å². The molecule has 0 saturated carbocycles. The van der Waals surface area contributed by atoms with Crippen LogP contribution in [-0.4, -0.2) is 56.7 Å². The molecule has 1 amide bonds. The third-order valence-corrected chi connectivity index (χ3v) is 5.39. The van der Waals surface area contributed by atoms with Crippen molar-refractivity contribution in [1.82, 2.24) is 4.90 Å². The number of ketones is 1. The highest BCUT2D eigenvalue weighted by Gasteiger charge is 2.44. The molecule has 0 aromatic heterocycles. The molecular weight excluding hydrogens is 426 g/mol. The zero-order valence-corrected chi connectivity index (χ0v) is 19.7. The van der Waals surface area contributed by atoms with Crippen LogP contribution in [0.3, 0.4) is 0 Å². The Hall–Kier alpha value is -3.68. The molecule has 0 aliphatic carbocycles. The average Bonchev–Trinajstić information content (AvgIpc) is 3.05.